The minimum absolute atomic E-state index is 0.0893. The molecule has 5 nitrogen and oxygen atoms in total. The van der Waals surface area contributed by atoms with Crippen molar-refractivity contribution in [3.8, 4) is 0 Å². The van der Waals surface area contributed by atoms with Crippen LogP contribution in [0.25, 0.3) is 0 Å². The molecule has 0 radical (unpaired) electrons. The molecule has 1 amide bonds. The Balaban J connectivity index is 1.67. The summed E-state index contributed by atoms with van der Waals surface area (Å²) < 4.78 is 11.7. The van der Waals surface area contributed by atoms with E-state index in [1.165, 1.54) is 32.1 Å². The van der Waals surface area contributed by atoms with E-state index in [-0.39, 0.29) is 17.4 Å². The number of nitrogens with one attached hydrogen (secondary N) is 2. The van der Waals surface area contributed by atoms with Gasteiger partial charge in [0.15, 0.2) is 0 Å². The topological polar surface area (TPSA) is 59.6 Å². The van der Waals surface area contributed by atoms with Crippen LogP contribution in [0.2, 0.25) is 0 Å². The SMILES string of the molecule is CCOC1CC(NC(=O)C2(OC)CCNCC2)C12CCCCC2. The average Bonchev–Trinajstić information content (AvgIpc) is 2.62. The molecule has 2 aliphatic carbocycles. The average molecular weight is 324 g/mol. The van der Waals surface area contributed by atoms with Crippen molar-refractivity contribution < 1.29 is 14.3 Å². The second-order valence-corrected chi connectivity index (χ2v) is 7.45. The standard InChI is InChI=1S/C18H32N2O3/c1-3-23-15-13-14(17(15)7-5-4-6-8-17)20-16(21)18(22-2)9-11-19-12-10-18/h14-15,19H,3-13H2,1-2H3,(H,20,21). The number of methoxy groups -OCH3 is 1. The lowest BCUT2D eigenvalue weighted by Gasteiger charge is -2.58. The van der Waals surface area contributed by atoms with Gasteiger partial charge in [-0.05, 0) is 52.1 Å². The van der Waals surface area contributed by atoms with Crippen LogP contribution in [-0.2, 0) is 14.3 Å². The molecular formula is C18H32N2O3. The molecular weight excluding hydrogens is 292 g/mol. The van der Waals surface area contributed by atoms with E-state index in [1.54, 1.807) is 7.11 Å². The Morgan fingerprint density at radius 3 is 2.48 bits per heavy atom. The zero-order valence-electron chi connectivity index (χ0n) is 14.7. The number of hydrogen-bond acceptors (Lipinski definition) is 4. The molecule has 2 atom stereocenters. The third-order valence-corrected chi connectivity index (χ3v) is 6.46. The van der Waals surface area contributed by atoms with Crippen LogP contribution in [0.1, 0.15) is 58.3 Å². The smallest absolute Gasteiger partial charge is 0.252 e. The third-order valence-electron chi connectivity index (χ3n) is 6.46. The maximum absolute atomic E-state index is 12.9. The number of carbonyl (C=O) groups is 1. The lowest BCUT2D eigenvalue weighted by Crippen LogP contribution is -2.68. The van der Waals surface area contributed by atoms with Crippen LogP contribution in [0.15, 0.2) is 0 Å². The van der Waals surface area contributed by atoms with Crippen molar-refractivity contribution in [3.63, 3.8) is 0 Å². The van der Waals surface area contributed by atoms with Gasteiger partial charge in [0.2, 0.25) is 0 Å². The molecule has 5 heteroatoms. The van der Waals surface area contributed by atoms with E-state index in [0.717, 1.165) is 39.0 Å². The number of ether oxygens (including phenoxy) is 2. The third kappa shape index (κ3) is 3.03. The molecule has 2 unspecified atom stereocenters. The lowest BCUT2D eigenvalue weighted by molar-refractivity contribution is -0.168. The molecule has 1 aliphatic heterocycles. The van der Waals surface area contributed by atoms with Gasteiger partial charge in [-0.2, -0.15) is 0 Å². The van der Waals surface area contributed by atoms with Crippen LogP contribution >= 0.6 is 0 Å². The highest BCUT2D eigenvalue weighted by molar-refractivity contribution is 5.86. The first-order valence-electron chi connectivity index (χ1n) is 9.35. The van der Waals surface area contributed by atoms with Gasteiger partial charge in [-0.3, -0.25) is 4.79 Å². The van der Waals surface area contributed by atoms with Gasteiger partial charge in [0.05, 0.1) is 6.10 Å². The Labute approximate surface area is 139 Å². The molecule has 0 aromatic heterocycles. The zero-order chi connectivity index (χ0) is 16.3. The van der Waals surface area contributed by atoms with Gasteiger partial charge in [-0.1, -0.05) is 19.3 Å². The second kappa shape index (κ2) is 7.08. The fourth-order valence-electron chi connectivity index (χ4n) is 4.91. The summed E-state index contributed by atoms with van der Waals surface area (Å²) in [5.41, 5.74) is -0.469. The molecule has 132 valence electrons. The van der Waals surface area contributed by atoms with Crippen LogP contribution < -0.4 is 10.6 Å². The molecule has 1 spiro atoms. The molecule has 3 rings (SSSR count). The number of rotatable bonds is 5. The Morgan fingerprint density at radius 2 is 1.87 bits per heavy atom. The predicted molar refractivity (Wildman–Crippen MR) is 89.3 cm³/mol. The Hall–Kier alpha value is -0.650. The lowest BCUT2D eigenvalue weighted by atomic mass is 9.55. The fourth-order valence-corrected chi connectivity index (χ4v) is 4.91. The van der Waals surface area contributed by atoms with Crippen LogP contribution in [0.4, 0.5) is 0 Å². The monoisotopic (exact) mass is 324 g/mol. The molecule has 3 fully saturated rings. The Kier molecular flexibility index (Phi) is 5.29. The number of hydrogen-bond donors (Lipinski definition) is 2. The minimum Gasteiger partial charge on any atom is -0.378 e. The summed E-state index contributed by atoms with van der Waals surface area (Å²) in [4.78, 5) is 12.9. The van der Waals surface area contributed by atoms with Crippen molar-refractivity contribution in [1.29, 1.82) is 0 Å². The van der Waals surface area contributed by atoms with E-state index in [2.05, 4.69) is 17.6 Å². The first-order chi connectivity index (χ1) is 11.2. The van der Waals surface area contributed by atoms with E-state index in [9.17, 15) is 4.79 Å². The van der Waals surface area contributed by atoms with Gasteiger partial charge < -0.3 is 20.1 Å². The Bertz CT molecular complexity index is 414. The quantitative estimate of drug-likeness (QED) is 0.812. The predicted octanol–water partition coefficient (Wildman–Crippen LogP) is 2.00. The first kappa shape index (κ1) is 17.2. The molecule has 0 aromatic rings. The molecule has 2 saturated carbocycles. The van der Waals surface area contributed by atoms with E-state index in [4.69, 9.17) is 9.47 Å². The molecule has 23 heavy (non-hydrogen) atoms. The Morgan fingerprint density at radius 1 is 1.17 bits per heavy atom. The molecule has 1 saturated heterocycles. The highest BCUT2D eigenvalue weighted by Gasteiger charge is 2.57. The van der Waals surface area contributed by atoms with E-state index >= 15 is 0 Å². The van der Waals surface area contributed by atoms with E-state index in [1.807, 2.05) is 0 Å². The maximum atomic E-state index is 12.9. The molecule has 3 aliphatic rings. The number of piperidine rings is 1. The maximum Gasteiger partial charge on any atom is 0.252 e. The van der Waals surface area contributed by atoms with E-state index < -0.39 is 5.60 Å². The van der Waals surface area contributed by atoms with Gasteiger partial charge in [0.1, 0.15) is 5.60 Å². The van der Waals surface area contributed by atoms with Crippen LogP contribution in [0, 0.1) is 5.41 Å². The molecule has 1 heterocycles. The normalized spacial score (nSPS) is 32.3. The number of amides is 1. The van der Waals surface area contributed by atoms with E-state index in [0.29, 0.717) is 6.10 Å². The van der Waals surface area contributed by atoms with Gasteiger partial charge in [-0.25, -0.2) is 0 Å². The van der Waals surface area contributed by atoms with Crippen molar-refractivity contribution in [1.82, 2.24) is 10.6 Å². The summed E-state index contributed by atoms with van der Waals surface area (Å²) in [6.07, 6.45) is 8.99. The summed E-state index contributed by atoms with van der Waals surface area (Å²) in [6, 6.07) is 0.258. The summed E-state index contributed by atoms with van der Waals surface area (Å²) in [7, 11) is 1.67. The molecule has 0 aromatic carbocycles. The zero-order valence-corrected chi connectivity index (χ0v) is 14.7. The highest BCUT2D eigenvalue weighted by atomic mass is 16.5. The van der Waals surface area contributed by atoms with Crippen molar-refractivity contribution in [3.05, 3.63) is 0 Å². The van der Waals surface area contributed by atoms with Crippen LogP contribution in [0.5, 0.6) is 0 Å². The van der Waals surface area contributed by atoms with Crippen molar-refractivity contribution >= 4 is 5.91 Å². The first-order valence-corrected chi connectivity index (χ1v) is 9.35. The van der Waals surface area contributed by atoms with Crippen LogP contribution in [0.3, 0.4) is 0 Å². The van der Waals surface area contributed by atoms with Crippen molar-refractivity contribution in [2.45, 2.75) is 76.0 Å². The largest absolute Gasteiger partial charge is 0.378 e. The van der Waals surface area contributed by atoms with Gasteiger partial charge >= 0.3 is 0 Å². The fraction of sp³-hybridized carbons (Fsp3) is 0.944. The summed E-state index contributed by atoms with van der Waals surface area (Å²) in [6.45, 7) is 4.52. The van der Waals surface area contributed by atoms with Gasteiger partial charge in [0.25, 0.3) is 5.91 Å². The van der Waals surface area contributed by atoms with Gasteiger partial charge in [-0.15, -0.1) is 0 Å². The van der Waals surface area contributed by atoms with Gasteiger partial charge in [0, 0.05) is 25.2 Å². The van der Waals surface area contributed by atoms with Crippen LogP contribution in [-0.4, -0.2) is 50.5 Å². The minimum atomic E-state index is -0.641. The second-order valence-electron chi connectivity index (χ2n) is 7.45. The van der Waals surface area contributed by atoms with Crippen molar-refractivity contribution in [2.24, 2.45) is 5.41 Å². The van der Waals surface area contributed by atoms with Crippen molar-refractivity contribution in [2.75, 3.05) is 26.8 Å². The molecule has 0 bridgehead atoms. The summed E-state index contributed by atoms with van der Waals surface area (Å²) in [5, 5.41) is 6.67. The summed E-state index contributed by atoms with van der Waals surface area (Å²) in [5.74, 6) is 0.0893. The molecule has 2 N–H and O–H groups in total. The highest BCUT2D eigenvalue weighted by Crippen LogP contribution is 2.53. The number of carbonyl (C=O) groups excluding carboxylic acids is 1. The summed E-state index contributed by atoms with van der Waals surface area (Å²) >= 11 is 0.